The molecule has 3 aromatic carbocycles. The van der Waals surface area contributed by atoms with Crippen LogP contribution >= 0.6 is 11.6 Å². The minimum Gasteiger partial charge on any atom is -0.494 e. The SMILES string of the molecule is COC(=O)c1cc(Cl)c(OC)c(S(=O)Nc2cc(-c3ccccc3CO)c(F)cc2F)c1. The van der Waals surface area contributed by atoms with Crippen LogP contribution in [0.4, 0.5) is 14.5 Å². The molecule has 32 heavy (non-hydrogen) atoms. The largest absolute Gasteiger partial charge is 0.494 e. The van der Waals surface area contributed by atoms with Gasteiger partial charge < -0.3 is 14.6 Å². The maximum atomic E-state index is 14.5. The molecular weight excluding hydrogens is 464 g/mol. The van der Waals surface area contributed by atoms with Crippen LogP contribution in [0, 0.1) is 11.6 Å². The second kappa shape index (κ2) is 10.1. The van der Waals surface area contributed by atoms with E-state index in [1.165, 1.54) is 26.4 Å². The smallest absolute Gasteiger partial charge is 0.337 e. The van der Waals surface area contributed by atoms with Gasteiger partial charge in [-0.1, -0.05) is 35.9 Å². The number of ether oxygens (including phenoxy) is 2. The van der Waals surface area contributed by atoms with Crippen molar-refractivity contribution in [3.63, 3.8) is 0 Å². The molecule has 0 saturated heterocycles. The van der Waals surface area contributed by atoms with Gasteiger partial charge in [-0.15, -0.1) is 0 Å². The third-order valence-electron chi connectivity index (χ3n) is 4.57. The minimum atomic E-state index is -2.15. The lowest BCUT2D eigenvalue weighted by Gasteiger charge is -2.15. The Morgan fingerprint density at radius 3 is 2.47 bits per heavy atom. The highest BCUT2D eigenvalue weighted by Crippen LogP contribution is 2.35. The van der Waals surface area contributed by atoms with Gasteiger partial charge in [-0.3, -0.25) is 4.72 Å². The molecule has 3 rings (SSSR count). The van der Waals surface area contributed by atoms with Crippen LogP contribution < -0.4 is 9.46 Å². The lowest BCUT2D eigenvalue weighted by Crippen LogP contribution is -2.11. The molecule has 10 heteroatoms. The van der Waals surface area contributed by atoms with Gasteiger partial charge in [0, 0.05) is 11.6 Å². The van der Waals surface area contributed by atoms with Gasteiger partial charge in [0.25, 0.3) is 0 Å². The molecule has 0 bridgehead atoms. The van der Waals surface area contributed by atoms with Crippen molar-refractivity contribution < 1.29 is 32.4 Å². The van der Waals surface area contributed by atoms with Crippen molar-refractivity contribution >= 4 is 34.2 Å². The molecule has 3 aromatic rings. The van der Waals surface area contributed by atoms with Crippen molar-refractivity contribution in [2.45, 2.75) is 11.5 Å². The van der Waals surface area contributed by atoms with Crippen LogP contribution in [0.2, 0.25) is 5.02 Å². The zero-order valence-electron chi connectivity index (χ0n) is 16.9. The number of aliphatic hydroxyl groups excluding tert-OH is 1. The average Bonchev–Trinajstić information content (AvgIpc) is 2.79. The Morgan fingerprint density at radius 2 is 1.81 bits per heavy atom. The lowest BCUT2D eigenvalue weighted by atomic mass is 9.99. The van der Waals surface area contributed by atoms with Crippen LogP contribution in [0.1, 0.15) is 15.9 Å². The second-order valence-corrected chi connectivity index (χ2v) is 8.07. The fourth-order valence-corrected chi connectivity index (χ4v) is 4.46. The van der Waals surface area contributed by atoms with Crippen molar-refractivity contribution in [2.75, 3.05) is 18.9 Å². The number of hydrogen-bond donors (Lipinski definition) is 2. The molecule has 0 spiro atoms. The topological polar surface area (TPSA) is 84.9 Å². The fraction of sp³-hybridized carbons (Fsp3) is 0.136. The first kappa shape index (κ1) is 23.6. The number of esters is 1. The highest BCUT2D eigenvalue weighted by molar-refractivity contribution is 7.86. The summed E-state index contributed by atoms with van der Waals surface area (Å²) in [7, 11) is 0.317. The van der Waals surface area contributed by atoms with E-state index in [4.69, 9.17) is 16.3 Å². The van der Waals surface area contributed by atoms with Crippen LogP contribution in [0.3, 0.4) is 0 Å². The molecule has 0 amide bonds. The first-order chi connectivity index (χ1) is 15.3. The summed E-state index contributed by atoms with van der Waals surface area (Å²) in [6.45, 7) is -0.350. The van der Waals surface area contributed by atoms with Gasteiger partial charge >= 0.3 is 5.97 Å². The molecule has 0 aliphatic carbocycles. The number of rotatable bonds is 7. The third kappa shape index (κ3) is 4.74. The second-order valence-electron chi connectivity index (χ2n) is 6.48. The average molecular weight is 482 g/mol. The molecule has 0 aliphatic heterocycles. The summed E-state index contributed by atoms with van der Waals surface area (Å²) in [5.74, 6) is -2.55. The molecule has 1 atom stereocenters. The Labute approximate surface area is 190 Å². The van der Waals surface area contributed by atoms with E-state index < -0.39 is 28.6 Å². The molecule has 0 radical (unpaired) electrons. The summed E-state index contributed by atoms with van der Waals surface area (Å²) >= 11 is 6.13. The van der Waals surface area contributed by atoms with Crippen LogP contribution in [0.5, 0.6) is 5.75 Å². The Balaban J connectivity index is 2.05. The number of carbonyl (C=O) groups is 1. The molecule has 0 aliphatic rings. The normalized spacial score (nSPS) is 11.7. The first-order valence-electron chi connectivity index (χ1n) is 9.13. The van der Waals surface area contributed by atoms with Crippen LogP contribution in [-0.2, 0) is 22.3 Å². The van der Waals surface area contributed by atoms with Crippen LogP contribution in [-0.4, -0.2) is 29.5 Å². The van der Waals surface area contributed by atoms with Crippen molar-refractivity contribution in [1.29, 1.82) is 0 Å². The molecule has 0 aromatic heterocycles. The predicted molar refractivity (Wildman–Crippen MR) is 117 cm³/mol. The summed E-state index contributed by atoms with van der Waals surface area (Å²) in [5.41, 5.74) is 0.539. The summed E-state index contributed by atoms with van der Waals surface area (Å²) < 4.78 is 54.4. The standard InChI is InChI=1S/C22H18ClF2NO5S/c1-30-21-16(23)7-13(22(28)31-2)8-20(21)32(29)26-19-9-15(17(24)10-18(19)25)14-6-4-3-5-12(14)11-27/h3-10,26-27H,11H2,1-2H3. The maximum absolute atomic E-state index is 14.5. The number of benzene rings is 3. The Morgan fingerprint density at radius 1 is 1.09 bits per heavy atom. The molecule has 0 saturated carbocycles. The number of hydrogen-bond acceptors (Lipinski definition) is 5. The summed E-state index contributed by atoms with van der Waals surface area (Å²) in [6.07, 6.45) is 0. The van der Waals surface area contributed by atoms with Gasteiger partial charge in [-0.25, -0.2) is 17.8 Å². The molecule has 0 heterocycles. The number of methoxy groups -OCH3 is 2. The number of carbonyl (C=O) groups excluding carboxylic acids is 1. The zero-order chi connectivity index (χ0) is 23.4. The van der Waals surface area contributed by atoms with E-state index in [-0.39, 0.29) is 39.1 Å². The first-order valence-corrected chi connectivity index (χ1v) is 10.7. The molecule has 2 N–H and O–H groups in total. The van der Waals surface area contributed by atoms with Gasteiger partial charge in [0.1, 0.15) is 16.5 Å². The number of halogens is 3. The van der Waals surface area contributed by atoms with Gasteiger partial charge in [0.05, 0.1) is 37.1 Å². The van der Waals surface area contributed by atoms with E-state index in [0.717, 1.165) is 6.07 Å². The van der Waals surface area contributed by atoms with Gasteiger partial charge in [-0.2, -0.15) is 0 Å². The highest BCUT2D eigenvalue weighted by atomic mass is 35.5. The van der Waals surface area contributed by atoms with Gasteiger partial charge in [0.2, 0.25) is 0 Å². The van der Waals surface area contributed by atoms with E-state index in [2.05, 4.69) is 9.46 Å². The monoisotopic (exact) mass is 481 g/mol. The van der Waals surface area contributed by atoms with Gasteiger partial charge in [-0.05, 0) is 29.3 Å². The Kier molecular flexibility index (Phi) is 7.44. The van der Waals surface area contributed by atoms with Crippen molar-refractivity contribution in [1.82, 2.24) is 0 Å². The molecule has 0 fully saturated rings. The molecule has 1 unspecified atom stereocenters. The van der Waals surface area contributed by atoms with Crippen molar-refractivity contribution in [3.05, 3.63) is 76.3 Å². The zero-order valence-corrected chi connectivity index (χ0v) is 18.5. The van der Waals surface area contributed by atoms with E-state index in [1.54, 1.807) is 24.3 Å². The highest BCUT2D eigenvalue weighted by Gasteiger charge is 2.21. The number of anilines is 1. The quantitative estimate of drug-likeness (QED) is 0.477. The van der Waals surface area contributed by atoms with Crippen molar-refractivity contribution in [2.24, 2.45) is 0 Å². The lowest BCUT2D eigenvalue weighted by molar-refractivity contribution is 0.0600. The maximum Gasteiger partial charge on any atom is 0.337 e. The summed E-state index contributed by atoms with van der Waals surface area (Å²) in [5, 5.41) is 9.54. The van der Waals surface area contributed by atoms with Crippen molar-refractivity contribution in [3.8, 4) is 16.9 Å². The number of aliphatic hydroxyl groups is 1. The number of nitrogens with one attached hydrogen (secondary N) is 1. The molecule has 6 nitrogen and oxygen atoms in total. The van der Waals surface area contributed by atoms with Gasteiger partial charge in [0.15, 0.2) is 16.7 Å². The third-order valence-corrected chi connectivity index (χ3v) is 5.96. The predicted octanol–water partition coefficient (Wildman–Crippen LogP) is 4.71. The Hall–Kier alpha value is -3.01. The van der Waals surface area contributed by atoms with E-state index in [1.807, 2.05) is 0 Å². The molecular formula is C22H18ClF2NO5S. The minimum absolute atomic E-state index is 0.00214. The molecule has 168 valence electrons. The van der Waals surface area contributed by atoms with E-state index in [9.17, 15) is 22.9 Å². The van der Waals surface area contributed by atoms with Crippen LogP contribution in [0.15, 0.2) is 53.4 Å². The summed E-state index contributed by atoms with van der Waals surface area (Å²) in [4.78, 5) is 11.8. The van der Waals surface area contributed by atoms with E-state index in [0.29, 0.717) is 17.2 Å². The van der Waals surface area contributed by atoms with Crippen LogP contribution in [0.25, 0.3) is 11.1 Å². The fourth-order valence-electron chi connectivity index (χ4n) is 3.05. The van der Waals surface area contributed by atoms with E-state index >= 15 is 0 Å². The Bertz CT molecular complexity index is 1210. The summed E-state index contributed by atoms with van der Waals surface area (Å²) in [6, 6.07) is 10.8.